The maximum Gasteiger partial charge on any atom is 0.247 e. The molecule has 0 aliphatic rings. The fourth-order valence-electron chi connectivity index (χ4n) is 2.17. The van der Waals surface area contributed by atoms with Gasteiger partial charge in [-0.1, -0.05) is 18.2 Å². The van der Waals surface area contributed by atoms with Crippen molar-refractivity contribution in [3.05, 3.63) is 65.6 Å². The topological polar surface area (TPSA) is 110 Å². The third-order valence-electron chi connectivity index (χ3n) is 3.42. The highest BCUT2D eigenvalue weighted by Gasteiger charge is 2.07. The summed E-state index contributed by atoms with van der Waals surface area (Å²) in [6.07, 6.45) is 0. The zero-order valence-electron chi connectivity index (χ0n) is 13.0. The average Bonchev–Trinajstić information content (AvgIpc) is 2.59. The Kier molecular flexibility index (Phi) is 4.07. The summed E-state index contributed by atoms with van der Waals surface area (Å²) in [7, 11) is 0. The minimum absolute atomic E-state index is 0.00234. The molecule has 1 aromatic heterocycles. The van der Waals surface area contributed by atoms with Gasteiger partial charge in [-0.15, -0.1) is 5.10 Å². The minimum Gasteiger partial charge on any atom is -0.380 e. The Hall–Kier alpha value is -3.48. The molecule has 24 heavy (non-hydrogen) atoms. The van der Waals surface area contributed by atoms with Crippen molar-refractivity contribution in [2.45, 2.75) is 6.92 Å². The summed E-state index contributed by atoms with van der Waals surface area (Å²) in [5, 5.41) is 15.4. The van der Waals surface area contributed by atoms with Crippen molar-refractivity contribution in [2.75, 3.05) is 11.1 Å². The Morgan fingerprint density at radius 2 is 1.79 bits per heavy atom. The van der Waals surface area contributed by atoms with Crippen molar-refractivity contribution in [1.29, 1.82) is 5.41 Å². The van der Waals surface area contributed by atoms with Crippen molar-refractivity contribution >= 4 is 23.2 Å². The molecule has 3 rings (SSSR count). The van der Waals surface area contributed by atoms with Crippen molar-refractivity contribution in [3.63, 3.8) is 0 Å². The predicted molar refractivity (Wildman–Crippen MR) is 91.4 cm³/mol. The summed E-state index contributed by atoms with van der Waals surface area (Å²) in [5.74, 6) is 0.335. The lowest BCUT2D eigenvalue weighted by atomic mass is 10.1. The smallest absolute Gasteiger partial charge is 0.247 e. The van der Waals surface area contributed by atoms with Gasteiger partial charge in [0, 0.05) is 11.3 Å². The second-order valence-electron chi connectivity index (χ2n) is 5.18. The lowest BCUT2D eigenvalue weighted by Crippen LogP contribution is -2.26. The third kappa shape index (κ3) is 3.14. The van der Waals surface area contributed by atoms with E-state index in [0.717, 1.165) is 5.69 Å². The van der Waals surface area contributed by atoms with E-state index in [1.807, 2.05) is 30.3 Å². The average molecular weight is 320 g/mol. The van der Waals surface area contributed by atoms with Crippen LogP contribution < -0.4 is 16.5 Å². The van der Waals surface area contributed by atoms with Crippen molar-refractivity contribution in [1.82, 2.24) is 14.8 Å². The van der Waals surface area contributed by atoms with E-state index in [1.165, 1.54) is 11.6 Å². The zero-order valence-corrected chi connectivity index (χ0v) is 13.0. The number of anilines is 3. The maximum atomic E-state index is 11.3. The first-order valence-corrected chi connectivity index (χ1v) is 7.29. The predicted octanol–water partition coefficient (Wildman–Crippen LogP) is 2.28. The molecule has 0 aliphatic carbocycles. The first-order valence-electron chi connectivity index (χ1n) is 7.29. The number of aromatic nitrogens is 3. The monoisotopic (exact) mass is 320 g/mol. The fourth-order valence-corrected chi connectivity index (χ4v) is 2.17. The lowest BCUT2D eigenvalue weighted by molar-refractivity contribution is 0.101. The number of benzene rings is 2. The number of nitrogens with two attached hydrogens (primary N) is 1. The summed E-state index contributed by atoms with van der Waals surface area (Å²) < 4.78 is 1.41. The molecule has 4 N–H and O–H groups in total. The largest absolute Gasteiger partial charge is 0.380 e. The molecule has 0 saturated carbocycles. The van der Waals surface area contributed by atoms with Gasteiger partial charge >= 0.3 is 0 Å². The standard InChI is InChI=1S/C17H16N6O/c1-11(24)12-7-9-13(10-8-12)20-17-21-15(18)16(19)23(22-17)14-5-3-2-4-6-14/h2-10,19H,1H3,(H3,18,20,21,22). The molecule has 120 valence electrons. The number of para-hydroxylation sites is 1. The molecule has 0 bridgehead atoms. The third-order valence-corrected chi connectivity index (χ3v) is 3.42. The minimum atomic E-state index is 0.00234. The molecule has 0 amide bonds. The van der Waals surface area contributed by atoms with E-state index in [1.54, 1.807) is 24.3 Å². The first-order chi connectivity index (χ1) is 11.5. The fraction of sp³-hybridized carbons (Fsp3) is 0.0588. The van der Waals surface area contributed by atoms with Gasteiger partial charge in [-0.05, 0) is 43.3 Å². The molecule has 3 aromatic rings. The van der Waals surface area contributed by atoms with Crippen LogP contribution in [0.3, 0.4) is 0 Å². The molecule has 0 fully saturated rings. The lowest BCUT2D eigenvalue weighted by Gasteiger charge is -2.11. The Morgan fingerprint density at radius 1 is 1.12 bits per heavy atom. The maximum absolute atomic E-state index is 11.3. The van der Waals surface area contributed by atoms with E-state index in [9.17, 15) is 4.79 Å². The summed E-state index contributed by atoms with van der Waals surface area (Å²) >= 11 is 0. The van der Waals surface area contributed by atoms with Gasteiger partial charge in [-0.3, -0.25) is 10.2 Å². The van der Waals surface area contributed by atoms with Gasteiger partial charge in [0.25, 0.3) is 0 Å². The number of nitrogens with one attached hydrogen (secondary N) is 2. The van der Waals surface area contributed by atoms with E-state index in [0.29, 0.717) is 11.3 Å². The van der Waals surface area contributed by atoms with Crippen molar-refractivity contribution < 1.29 is 4.79 Å². The number of carbonyl (C=O) groups is 1. The highest BCUT2D eigenvalue weighted by Crippen LogP contribution is 2.15. The molecule has 0 spiro atoms. The van der Waals surface area contributed by atoms with Gasteiger partial charge in [0.15, 0.2) is 17.1 Å². The molecule has 0 aliphatic heterocycles. The number of Topliss-reactive ketones (excluding diaryl/α,β-unsaturated/α-hetero) is 1. The van der Waals surface area contributed by atoms with Gasteiger partial charge in [-0.2, -0.15) is 4.98 Å². The second-order valence-corrected chi connectivity index (χ2v) is 5.18. The summed E-state index contributed by atoms with van der Waals surface area (Å²) in [6, 6.07) is 16.2. The van der Waals surface area contributed by atoms with Crippen LogP contribution in [0.4, 0.5) is 17.5 Å². The van der Waals surface area contributed by atoms with Crippen LogP contribution in [-0.4, -0.2) is 20.5 Å². The van der Waals surface area contributed by atoms with E-state index < -0.39 is 0 Å². The number of hydrogen-bond donors (Lipinski definition) is 3. The normalized spacial score (nSPS) is 10.4. The van der Waals surface area contributed by atoms with E-state index in [4.69, 9.17) is 11.1 Å². The highest BCUT2D eigenvalue weighted by molar-refractivity contribution is 5.94. The van der Waals surface area contributed by atoms with Crippen molar-refractivity contribution in [3.8, 4) is 5.69 Å². The van der Waals surface area contributed by atoms with Gasteiger partial charge in [0.05, 0.1) is 5.69 Å². The molecule has 2 aromatic carbocycles. The first kappa shape index (κ1) is 15.4. The second kappa shape index (κ2) is 6.33. The Bertz CT molecular complexity index is 932. The number of carbonyl (C=O) groups excluding carboxylic acids is 1. The summed E-state index contributed by atoms with van der Waals surface area (Å²) in [6.45, 7) is 1.52. The Morgan fingerprint density at radius 3 is 2.42 bits per heavy atom. The molecule has 0 unspecified atom stereocenters. The summed E-state index contributed by atoms with van der Waals surface area (Å²) in [5.41, 5.74) is 7.91. The number of rotatable bonds is 4. The van der Waals surface area contributed by atoms with Gasteiger partial charge in [0.2, 0.25) is 5.95 Å². The van der Waals surface area contributed by atoms with Crippen LogP contribution in [0, 0.1) is 5.41 Å². The molecule has 0 saturated heterocycles. The highest BCUT2D eigenvalue weighted by atomic mass is 16.1. The van der Waals surface area contributed by atoms with E-state index >= 15 is 0 Å². The van der Waals surface area contributed by atoms with Gasteiger partial charge in [-0.25, -0.2) is 4.68 Å². The van der Waals surface area contributed by atoms with Crippen LogP contribution >= 0.6 is 0 Å². The number of ketones is 1. The van der Waals surface area contributed by atoms with Crippen LogP contribution in [0.25, 0.3) is 5.69 Å². The number of nitrogens with zero attached hydrogens (tertiary/aromatic N) is 3. The van der Waals surface area contributed by atoms with Gasteiger partial charge in [0.1, 0.15) is 0 Å². The number of hydrogen-bond acceptors (Lipinski definition) is 6. The van der Waals surface area contributed by atoms with E-state index in [2.05, 4.69) is 15.4 Å². The SMILES string of the molecule is CC(=O)c1ccc(Nc2nc(N)c(=N)n(-c3ccccc3)n2)cc1. The molecule has 7 heteroatoms. The Balaban J connectivity index is 1.96. The summed E-state index contributed by atoms with van der Waals surface area (Å²) in [4.78, 5) is 15.4. The van der Waals surface area contributed by atoms with Crippen LogP contribution in [0.1, 0.15) is 17.3 Å². The molecular weight excluding hydrogens is 304 g/mol. The zero-order chi connectivity index (χ0) is 17.1. The van der Waals surface area contributed by atoms with Crippen LogP contribution in [0.5, 0.6) is 0 Å². The van der Waals surface area contributed by atoms with Crippen LogP contribution in [0.2, 0.25) is 0 Å². The quantitative estimate of drug-likeness (QED) is 0.639. The molecular formula is C17H16N6O. The van der Waals surface area contributed by atoms with Crippen LogP contribution in [0.15, 0.2) is 54.6 Å². The van der Waals surface area contributed by atoms with Crippen LogP contribution in [-0.2, 0) is 0 Å². The van der Waals surface area contributed by atoms with Gasteiger partial charge < -0.3 is 11.1 Å². The van der Waals surface area contributed by atoms with Crippen molar-refractivity contribution in [2.24, 2.45) is 0 Å². The molecule has 7 nitrogen and oxygen atoms in total. The number of nitrogen functional groups attached to an aromatic ring is 1. The molecule has 1 heterocycles. The van der Waals surface area contributed by atoms with E-state index in [-0.39, 0.29) is 23.0 Å². The molecule has 0 atom stereocenters. The molecule has 0 radical (unpaired) electrons. The Labute approximate surface area is 138 Å².